The number of carbonyl (C=O) groups is 1. The third-order valence-corrected chi connectivity index (χ3v) is 4.90. The molecule has 6 heteroatoms. The van der Waals surface area contributed by atoms with Gasteiger partial charge in [-0.2, -0.15) is 0 Å². The number of thiazole rings is 1. The molecule has 0 spiro atoms. The minimum Gasteiger partial charge on any atom is -0.497 e. The number of benzene rings is 1. The Hall–Kier alpha value is -2.08. The number of carbonyl (C=O) groups excluding carboxylic acids is 1. The summed E-state index contributed by atoms with van der Waals surface area (Å²) in [6.07, 6.45) is 4.24. The van der Waals surface area contributed by atoms with Gasteiger partial charge >= 0.3 is 0 Å². The van der Waals surface area contributed by atoms with E-state index >= 15 is 0 Å². The smallest absolute Gasteiger partial charge is 0.229 e. The number of rotatable bonds is 5. The first-order valence-electron chi connectivity index (χ1n) is 7.70. The lowest BCUT2D eigenvalue weighted by atomic mass is 10.1. The summed E-state index contributed by atoms with van der Waals surface area (Å²) in [5.41, 5.74) is 1.62. The van der Waals surface area contributed by atoms with E-state index in [0.29, 0.717) is 5.13 Å². The maximum Gasteiger partial charge on any atom is 0.229 e. The number of nitrogens with one attached hydrogen (secondary N) is 1. The van der Waals surface area contributed by atoms with Gasteiger partial charge < -0.3 is 14.8 Å². The largest absolute Gasteiger partial charge is 0.497 e. The van der Waals surface area contributed by atoms with Crippen LogP contribution in [0, 0.1) is 5.92 Å². The summed E-state index contributed by atoms with van der Waals surface area (Å²) in [4.78, 5) is 16.7. The fraction of sp³-hybridized carbons (Fsp3) is 0.412. The zero-order chi connectivity index (χ0) is 16.2. The molecule has 1 fully saturated rings. The molecule has 1 aliphatic rings. The van der Waals surface area contributed by atoms with Crippen molar-refractivity contribution in [2.45, 2.75) is 25.7 Å². The van der Waals surface area contributed by atoms with E-state index in [-0.39, 0.29) is 11.8 Å². The van der Waals surface area contributed by atoms with Crippen LogP contribution < -0.4 is 14.8 Å². The Labute approximate surface area is 139 Å². The van der Waals surface area contributed by atoms with Crippen molar-refractivity contribution < 1.29 is 14.3 Å². The van der Waals surface area contributed by atoms with Gasteiger partial charge in [0, 0.05) is 16.9 Å². The van der Waals surface area contributed by atoms with E-state index in [9.17, 15) is 4.79 Å². The van der Waals surface area contributed by atoms with Crippen molar-refractivity contribution in [3.8, 4) is 22.8 Å². The van der Waals surface area contributed by atoms with Crippen molar-refractivity contribution in [3.05, 3.63) is 23.6 Å². The van der Waals surface area contributed by atoms with Gasteiger partial charge in [0.1, 0.15) is 11.5 Å². The lowest BCUT2D eigenvalue weighted by molar-refractivity contribution is -0.119. The van der Waals surface area contributed by atoms with E-state index in [1.807, 2.05) is 23.6 Å². The molecule has 0 atom stereocenters. The van der Waals surface area contributed by atoms with Crippen LogP contribution in [-0.4, -0.2) is 25.1 Å². The summed E-state index contributed by atoms with van der Waals surface area (Å²) in [5.74, 6) is 1.69. The molecule has 0 radical (unpaired) electrons. The van der Waals surface area contributed by atoms with Crippen LogP contribution in [-0.2, 0) is 4.79 Å². The third kappa shape index (κ3) is 3.47. The van der Waals surface area contributed by atoms with Gasteiger partial charge in [-0.05, 0) is 31.0 Å². The fourth-order valence-electron chi connectivity index (χ4n) is 2.86. The van der Waals surface area contributed by atoms with Crippen LogP contribution in [0.3, 0.4) is 0 Å². The molecule has 0 unspecified atom stereocenters. The van der Waals surface area contributed by atoms with Crippen molar-refractivity contribution in [2.24, 2.45) is 5.92 Å². The van der Waals surface area contributed by atoms with Gasteiger partial charge in [-0.25, -0.2) is 4.98 Å². The van der Waals surface area contributed by atoms with Crippen LogP contribution in [0.5, 0.6) is 11.5 Å². The zero-order valence-corrected chi connectivity index (χ0v) is 14.1. The van der Waals surface area contributed by atoms with E-state index < -0.39 is 0 Å². The molecule has 3 rings (SSSR count). The summed E-state index contributed by atoms with van der Waals surface area (Å²) in [7, 11) is 3.25. The van der Waals surface area contributed by atoms with Crippen LogP contribution in [0.25, 0.3) is 11.3 Å². The molecule has 5 nitrogen and oxygen atoms in total. The molecule has 1 N–H and O–H groups in total. The highest BCUT2D eigenvalue weighted by atomic mass is 32.1. The molecule has 0 saturated heterocycles. The summed E-state index contributed by atoms with van der Waals surface area (Å²) in [6.45, 7) is 0. The molecule has 1 saturated carbocycles. The first kappa shape index (κ1) is 15.8. The predicted molar refractivity (Wildman–Crippen MR) is 91.2 cm³/mol. The highest BCUT2D eigenvalue weighted by Gasteiger charge is 2.23. The van der Waals surface area contributed by atoms with Crippen molar-refractivity contribution in [3.63, 3.8) is 0 Å². The zero-order valence-electron chi connectivity index (χ0n) is 13.3. The van der Waals surface area contributed by atoms with Crippen molar-refractivity contribution in [2.75, 3.05) is 19.5 Å². The number of methoxy groups -OCH3 is 2. The summed E-state index contributed by atoms with van der Waals surface area (Å²) in [5, 5.41) is 5.48. The number of nitrogens with zero attached hydrogens (tertiary/aromatic N) is 1. The Bertz CT molecular complexity index is 693. The highest BCUT2D eigenvalue weighted by molar-refractivity contribution is 7.14. The number of aromatic nitrogens is 1. The van der Waals surface area contributed by atoms with Crippen LogP contribution in [0.15, 0.2) is 23.6 Å². The topological polar surface area (TPSA) is 60.5 Å². The van der Waals surface area contributed by atoms with Gasteiger partial charge in [-0.15, -0.1) is 11.3 Å². The third-order valence-electron chi connectivity index (χ3n) is 4.14. The van der Waals surface area contributed by atoms with Crippen LogP contribution in [0.2, 0.25) is 0 Å². The van der Waals surface area contributed by atoms with Crippen molar-refractivity contribution in [1.82, 2.24) is 4.98 Å². The fourth-order valence-corrected chi connectivity index (χ4v) is 3.58. The molecule has 1 aromatic carbocycles. The Morgan fingerprint density at radius 2 is 2.04 bits per heavy atom. The van der Waals surface area contributed by atoms with Gasteiger partial charge in [0.15, 0.2) is 5.13 Å². The van der Waals surface area contributed by atoms with Crippen molar-refractivity contribution >= 4 is 22.4 Å². The monoisotopic (exact) mass is 332 g/mol. The summed E-state index contributed by atoms with van der Waals surface area (Å²) < 4.78 is 10.7. The SMILES string of the molecule is COc1ccc(OC)c(-c2csc(NC(=O)C3CCCC3)n2)c1. The molecular formula is C17H20N2O3S. The van der Waals surface area contributed by atoms with Gasteiger partial charge in [-0.3, -0.25) is 4.79 Å². The van der Waals surface area contributed by atoms with E-state index in [1.165, 1.54) is 11.3 Å². The Balaban J connectivity index is 1.80. The Morgan fingerprint density at radius 3 is 2.74 bits per heavy atom. The molecule has 122 valence electrons. The molecule has 1 amide bonds. The average Bonchev–Trinajstić information content (AvgIpc) is 3.26. The minimum absolute atomic E-state index is 0.0843. The first-order valence-corrected chi connectivity index (χ1v) is 8.58. The number of hydrogen-bond donors (Lipinski definition) is 1. The second kappa shape index (κ2) is 7.00. The maximum atomic E-state index is 12.2. The lowest BCUT2D eigenvalue weighted by Crippen LogP contribution is -2.20. The van der Waals surface area contributed by atoms with Crippen LogP contribution in [0.4, 0.5) is 5.13 Å². The normalized spacial score (nSPS) is 14.7. The quantitative estimate of drug-likeness (QED) is 0.900. The predicted octanol–water partition coefficient (Wildman–Crippen LogP) is 3.96. The Morgan fingerprint density at radius 1 is 1.26 bits per heavy atom. The molecule has 23 heavy (non-hydrogen) atoms. The van der Waals surface area contributed by atoms with Crippen LogP contribution in [0.1, 0.15) is 25.7 Å². The minimum atomic E-state index is 0.0843. The Kier molecular flexibility index (Phi) is 4.81. The number of ether oxygens (including phenoxy) is 2. The van der Waals surface area contributed by atoms with Gasteiger partial charge in [-0.1, -0.05) is 12.8 Å². The molecule has 0 aliphatic heterocycles. The molecule has 2 aromatic rings. The second-order valence-electron chi connectivity index (χ2n) is 5.57. The van der Waals surface area contributed by atoms with Gasteiger partial charge in [0.25, 0.3) is 0 Å². The summed E-state index contributed by atoms with van der Waals surface area (Å²) >= 11 is 1.42. The number of amides is 1. The molecule has 1 aromatic heterocycles. The molecule has 0 bridgehead atoms. The molecule has 1 heterocycles. The molecule has 1 aliphatic carbocycles. The standard InChI is InChI=1S/C17H20N2O3S/c1-21-12-7-8-15(22-2)13(9-12)14-10-23-17(18-14)19-16(20)11-5-3-4-6-11/h7-11H,3-6H2,1-2H3,(H,18,19,20). The second-order valence-corrected chi connectivity index (χ2v) is 6.43. The number of hydrogen-bond acceptors (Lipinski definition) is 5. The first-order chi connectivity index (χ1) is 11.2. The van der Waals surface area contributed by atoms with Crippen LogP contribution >= 0.6 is 11.3 Å². The molecular weight excluding hydrogens is 312 g/mol. The highest BCUT2D eigenvalue weighted by Crippen LogP contribution is 2.35. The van der Waals surface area contributed by atoms with E-state index in [4.69, 9.17) is 9.47 Å². The van der Waals surface area contributed by atoms with Gasteiger partial charge in [0.05, 0.1) is 19.9 Å². The summed E-state index contributed by atoms with van der Waals surface area (Å²) in [6, 6.07) is 5.58. The maximum absolute atomic E-state index is 12.2. The average molecular weight is 332 g/mol. The number of anilines is 1. The van der Waals surface area contributed by atoms with Crippen molar-refractivity contribution in [1.29, 1.82) is 0 Å². The van der Waals surface area contributed by atoms with E-state index in [2.05, 4.69) is 10.3 Å². The van der Waals surface area contributed by atoms with Gasteiger partial charge in [0.2, 0.25) is 5.91 Å². The van der Waals surface area contributed by atoms with E-state index in [1.54, 1.807) is 14.2 Å². The lowest BCUT2D eigenvalue weighted by Gasteiger charge is -2.09. The van der Waals surface area contributed by atoms with E-state index in [0.717, 1.165) is 48.4 Å².